The average molecular weight is 172 g/mol. The van der Waals surface area contributed by atoms with Gasteiger partial charge in [-0.25, -0.2) is 9.59 Å². The molecule has 6 heteroatoms. The van der Waals surface area contributed by atoms with E-state index < -0.39 is 23.9 Å². The van der Waals surface area contributed by atoms with Crippen molar-refractivity contribution in [2.24, 2.45) is 0 Å². The number of carbonyl (C=O) groups excluding carboxylic acids is 3. The molecule has 66 valence electrons. The van der Waals surface area contributed by atoms with E-state index in [1.165, 1.54) is 6.92 Å². The Morgan fingerprint density at radius 2 is 2.17 bits per heavy atom. The summed E-state index contributed by atoms with van der Waals surface area (Å²) in [6.45, 7) is 2.62. The van der Waals surface area contributed by atoms with Crippen molar-refractivity contribution in [2.45, 2.75) is 19.9 Å². The van der Waals surface area contributed by atoms with Crippen molar-refractivity contribution in [1.82, 2.24) is 10.4 Å². The van der Waals surface area contributed by atoms with Gasteiger partial charge in [0, 0.05) is 6.92 Å². The number of hydrogen-bond acceptors (Lipinski definition) is 4. The maximum atomic E-state index is 11.0. The van der Waals surface area contributed by atoms with Crippen molar-refractivity contribution in [2.75, 3.05) is 0 Å². The van der Waals surface area contributed by atoms with Crippen LogP contribution in [-0.2, 0) is 14.4 Å². The summed E-state index contributed by atoms with van der Waals surface area (Å²) in [4.78, 5) is 36.6. The molecule has 1 aliphatic rings. The summed E-state index contributed by atoms with van der Waals surface area (Å²) in [5, 5.41) is 2.71. The largest absolute Gasteiger partial charge is 0.359 e. The molecule has 0 aliphatic carbocycles. The fraction of sp³-hybridized carbons (Fsp3) is 0.500. The van der Waals surface area contributed by atoms with Gasteiger partial charge in [0.15, 0.2) is 0 Å². The van der Waals surface area contributed by atoms with E-state index >= 15 is 0 Å². The second-order valence-corrected chi connectivity index (χ2v) is 2.39. The molecule has 0 saturated carbocycles. The van der Waals surface area contributed by atoms with Crippen molar-refractivity contribution >= 4 is 17.9 Å². The number of rotatable bonds is 1. The van der Waals surface area contributed by atoms with Crippen LogP contribution in [0.3, 0.4) is 0 Å². The van der Waals surface area contributed by atoms with Crippen LogP contribution in [-0.4, -0.2) is 29.0 Å². The predicted octanol–water partition coefficient (Wildman–Crippen LogP) is -0.595. The number of imide groups is 1. The van der Waals surface area contributed by atoms with E-state index in [1.54, 1.807) is 0 Å². The second-order valence-electron chi connectivity index (χ2n) is 2.39. The Morgan fingerprint density at radius 3 is 2.50 bits per heavy atom. The van der Waals surface area contributed by atoms with Crippen molar-refractivity contribution in [3.63, 3.8) is 0 Å². The lowest BCUT2D eigenvalue weighted by Gasteiger charge is -2.08. The molecule has 1 rings (SSSR count). The van der Waals surface area contributed by atoms with Crippen LogP contribution in [0, 0.1) is 0 Å². The Kier molecular flexibility index (Phi) is 1.99. The maximum absolute atomic E-state index is 11.0. The monoisotopic (exact) mass is 172 g/mol. The Balaban J connectivity index is 2.70. The molecule has 12 heavy (non-hydrogen) atoms. The summed E-state index contributed by atoms with van der Waals surface area (Å²) in [5.41, 5.74) is 0. The van der Waals surface area contributed by atoms with E-state index in [0.29, 0.717) is 5.06 Å². The van der Waals surface area contributed by atoms with Gasteiger partial charge in [0.1, 0.15) is 6.04 Å². The van der Waals surface area contributed by atoms with Crippen molar-refractivity contribution in [3.05, 3.63) is 0 Å². The molecule has 0 aromatic carbocycles. The van der Waals surface area contributed by atoms with E-state index in [0.717, 1.165) is 6.92 Å². The zero-order valence-corrected chi connectivity index (χ0v) is 6.66. The summed E-state index contributed by atoms with van der Waals surface area (Å²) in [6.07, 6.45) is 0. The molecule has 1 unspecified atom stereocenters. The van der Waals surface area contributed by atoms with Crippen LogP contribution in [0.4, 0.5) is 4.79 Å². The van der Waals surface area contributed by atoms with Crippen LogP contribution in [0.2, 0.25) is 0 Å². The van der Waals surface area contributed by atoms with E-state index in [4.69, 9.17) is 0 Å². The van der Waals surface area contributed by atoms with Gasteiger partial charge in [-0.1, -0.05) is 5.06 Å². The summed E-state index contributed by atoms with van der Waals surface area (Å²) >= 11 is 0. The van der Waals surface area contributed by atoms with Crippen LogP contribution < -0.4 is 5.32 Å². The zero-order chi connectivity index (χ0) is 9.30. The molecule has 0 bridgehead atoms. The standard InChI is InChI=1S/C6H8N2O4/c1-3-5(10)8(6(11)7-3)12-4(2)9/h3H,1-2H3,(H,7,11). The molecule has 1 heterocycles. The molecule has 6 nitrogen and oxygen atoms in total. The molecular weight excluding hydrogens is 164 g/mol. The predicted molar refractivity (Wildman–Crippen MR) is 36.6 cm³/mol. The highest BCUT2D eigenvalue weighted by atomic mass is 16.7. The number of urea groups is 1. The second kappa shape index (κ2) is 2.80. The van der Waals surface area contributed by atoms with Crippen LogP contribution in [0.1, 0.15) is 13.8 Å². The quantitative estimate of drug-likeness (QED) is 0.536. The van der Waals surface area contributed by atoms with Crippen molar-refractivity contribution in [1.29, 1.82) is 0 Å². The molecule has 1 aliphatic heterocycles. The van der Waals surface area contributed by atoms with Gasteiger partial charge in [0.05, 0.1) is 0 Å². The Hall–Kier alpha value is -1.59. The molecule has 0 spiro atoms. The molecule has 0 radical (unpaired) electrons. The lowest BCUT2D eigenvalue weighted by atomic mass is 10.4. The highest BCUT2D eigenvalue weighted by molar-refractivity contribution is 6.03. The summed E-state index contributed by atoms with van der Waals surface area (Å²) in [5.74, 6) is -1.26. The third-order valence-electron chi connectivity index (χ3n) is 1.31. The first kappa shape index (κ1) is 8.51. The third kappa shape index (κ3) is 1.36. The van der Waals surface area contributed by atoms with Crippen LogP contribution in [0.15, 0.2) is 0 Å². The third-order valence-corrected chi connectivity index (χ3v) is 1.31. The number of nitrogens with one attached hydrogen (secondary N) is 1. The van der Waals surface area contributed by atoms with Crippen LogP contribution in [0.25, 0.3) is 0 Å². The van der Waals surface area contributed by atoms with Crippen LogP contribution in [0.5, 0.6) is 0 Å². The molecule has 1 N–H and O–H groups in total. The number of nitrogens with zero attached hydrogens (tertiary/aromatic N) is 1. The van der Waals surface area contributed by atoms with E-state index in [2.05, 4.69) is 10.2 Å². The highest BCUT2D eigenvalue weighted by Crippen LogP contribution is 2.05. The first-order valence-electron chi connectivity index (χ1n) is 3.35. The molecule has 1 saturated heterocycles. The molecule has 0 aromatic heterocycles. The smallest absolute Gasteiger partial charge is 0.329 e. The van der Waals surface area contributed by atoms with Gasteiger partial charge < -0.3 is 10.2 Å². The maximum Gasteiger partial charge on any atom is 0.359 e. The van der Waals surface area contributed by atoms with E-state index in [1.807, 2.05) is 0 Å². The number of carbonyl (C=O) groups is 3. The Bertz CT molecular complexity index is 250. The van der Waals surface area contributed by atoms with Gasteiger partial charge in [0.25, 0.3) is 5.91 Å². The summed E-state index contributed by atoms with van der Waals surface area (Å²) in [7, 11) is 0. The van der Waals surface area contributed by atoms with Gasteiger partial charge in [0.2, 0.25) is 0 Å². The minimum absolute atomic E-state index is 0.424. The normalized spacial score (nSPS) is 22.5. The van der Waals surface area contributed by atoms with Crippen molar-refractivity contribution < 1.29 is 19.2 Å². The first-order valence-corrected chi connectivity index (χ1v) is 3.35. The summed E-state index contributed by atoms with van der Waals surface area (Å²) < 4.78 is 0. The van der Waals surface area contributed by atoms with E-state index in [9.17, 15) is 14.4 Å². The molecule has 3 amide bonds. The minimum Gasteiger partial charge on any atom is -0.329 e. The number of amides is 3. The fourth-order valence-corrected chi connectivity index (χ4v) is 0.797. The SMILES string of the molecule is CC(=O)ON1C(=O)NC(C)C1=O. The van der Waals surface area contributed by atoms with E-state index in [-0.39, 0.29) is 0 Å². The lowest BCUT2D eigenvalue weighted by molar-refractivity contribution is -0.180. The summed E-state index contributed by atoms with van der Waals surface area (Å²) in [6, 6.07) is -1.33. The highest BCUT2D eigenvalue weighted by Gasteiger charge is 2.37. The first-order chi connectivity index (χ1) is 5.52. The van der Waals surface area contributed by atoms with Gasteiger partial charge >= 0.3 is 12.0 Å². The zero-order valence-electron chi connectivity index (χ0n) is 6.66. The molecule has 1 fully saturated rings. The molecule has 0 aromatic rings. The Morgan fingerprint density at radius 1 is 1.58 bits per heavy atom. The van der Waals surface area contributed by atoms with Gasteiger partial charge in [-0.2, -0.15) is 0 Å². The molecular formula is C6H8N2O4. The lowest BCUT2D eigenvalue weighted by Crippen LogP contribution is -2.32. The van der Waals surface area contributed by atoms with Gasteiger partial charge in [-0.05, 0) is 6.92 Å². The van der Waals surface area contributed by atoms with Crippen molar-refractivity contribution in [3.8, 4) is 0 Å². The minimum atomic E-state index is -0.706. The van der Waals surface area contributed by atoms with Gasteiger partial charge in [-0.15, -0.1) is 0 Å². The molecule has 1 atom stereocenters. The topological polar surface area (TPSA) is 75.7 Å². The van der Waals surface area contributed by atoms with Gasteiger partial charge in [-0.3, -0.25) is 4.79 Å². The average Bonchev–Trinajstić information content (AvgIpc) is 2.16. The Labute approximate surface area is 68.4 Å². The fourth-order valence-electron chi connectivity index (χ4n) is 0.797. The number of hydroxylamine groups is 2. The van der Waals surface area contributed by atoms with Crippen LogP contribution >= 0.6 is 0 Å². The number of hydrogen-bond donors (Lipinski definition) is 1.